The molecule has 0 aliphatic rings. The summed E-state index contributed by atoms with van der Waals surface area (Å²) in [6, 6.07) is 14.3. The van der Waals surface area contributed by atoms with E-state index < -0.39 is 10.0 Å². The lowest BCUT2D eigenvalue weighted by atomic mass is 10.2. The first-order valence-corrected chi connectivity index (χ1v) is 12.3. The van der Waals surface area contributed by atoms with Gasteiger partial charge in [0.25, 0.3) is 10.0 Å². The highest BCUT2D eigenvalue weighted by Crippen LogP contribution is 2.28. The molecule has 10 nitrogen and oxygen atoms in total. The van der Waals surface area contributed by atoms with E-state index in [4.69, 9.17) is 16.8 Å². The number of fused-ring (bicyclic) bond motifs is 1. The van der Waals surface area contributed by atoms with Gasteiger partial charge < -0.3 is 20.1 Å². The number of hydrogen-bond donors (Lipinski definition) is 3. The highest BCUT2D eigenvalue weighted by molar-refractivity contribution is 7.90. The van der Waals surface area contributed by atoms with Crippen molar-refractivity contribution in [3.05, 3.63) is 54.7 Å². The van der Waals surface area contributed by atoms with Gasteiger partial charge in [0.1, 0.15) is 5.82 Å². The van der Waals surface area contributed by atoms with Gasteiger partial charge in [-0.15, -0.1) is 4.24 Å². The van der Waals surface area contributed by atoms with Crippen LogP contribution in [-0.4, -0.2) is 41.0 Å². The second-order valence-corrected chi connectivity index (χ2v) is 10.1. The van der Waals surface area contributed by atoms with Crippen molar-refractivity contribution in [3.8, 4) is 0 Å². The molecule has 2 aromatic carbocycles. The van der Waals surface area contributed by atoms with Gasteiger partial charge in [0.2, 0.25) is 11.9 Å². The van der Waals surface area contributed by atoms with Crippen LogP contribution in [0.3, 0.4) is 0 Å². The summed E-state index contributed by atoms with van der Waals surface area (Å²) in [6.45, 7) is 4.15. The molecule has 0 atom stereocenters. The number of sulfonamides is 1. The van der Waals surface area contributed by atoms with Crippen LogP contribution in [0.25, 0.3) is 11.0 Å². The molecule has 0 unspecified atom stereocenters. The molecule has 0 spiro atoms. The Labute approximate surface area is 203 Å². The Morgan fingerprint density at radius 3 is 2.62 bits per heavy atom. The van der Waals surface area contributed by atoms with Crippen LogP contribution in [0.5, 0.6) is 0 Å². The zero-order valence-corrected chi connectivity index (χ0v) is 20.7. The van der Waals surface area contributed by atoms with Crippen molar-refractivity contribution < 1.29 is 8.42 Å². The Balaban J connectivity index is 1.59. The number of anilines is 5. The zero-order chi connectivity index (χ0) is 24.5. The molecule has 0 aliphatic heterocycles. The second-order valence-electron chi connectivity index (χ2n) is 8.00. The van der Waals surface area contributed by atoms with Crippen LogP contribution in [0, 0.1) is 0 Å². The molecule has 3 N–H and O–H groups in total. The van der Waals surface area contributed by atoms with Crippen LogP contribution < -0.4 is 19.8 Å². The van der Waals surface area contributed by atoms with Gasteiger partial charge in [-0.05, 0) is 68.1 Å². The molecule has 0 fully saturated rings. The lowest BCUT2D eigenvalue weighted by molar-refractivity contribution is 0.594. The van der Waals surface area contributed by atoms with Crippen molar-refractivity contribution in [2.45, 2.75) is 24.8 Å². The fourth-order valence-electron chi connectivity index (χ4n) is 3.43. The van der Waals surface area contributed by atoms with Crippen molar-refractivity contribution >= 4 is 61.9 Å². The first-order chi connectivity index (χ1) is 16.2. The van der Waals surface area contributed by atoms with Crippen molar-refractivity contribution in [1.29, 1.82) is 0 Å². The van der Waals surface area contributed by atoms with E-state index in [9.17, 15) is 8.42 Å². The molecule has 12 heteroatoms. The Hall–Kier alpha value is -3.41. The van der Waals surface area contributed by atoms with Crippen LogP contribution in [0.1, 0.15) is 13.8 Å². The largest absolute Gasteiger partial charge is 0.353 e. The van der Waals surface area contributed by atoms with E-state index >= 15 is 0 Å². The fraction of sp³-hybridized carbons (Fsp3) is 0.227. The van der Waals surface area contributed by atoms with Gasteiger partial charge in [0.15, 0.2) is 0 Å². The first-order valence-electron chi connectivity index (χ1n) is 10.5. The monoisotopic (exact) mass is 500 g/mol. The van der Waals surface area contributed by atoms with Crippen LogP contribution >= 0.6 is 11.8 Å². The van der Waals surface area contributed by atoms with Crippen molar-refractivity contribution in [2.24, 2.45) is 7.05 Å². The summed E-state index contributed by atoms with van der Waals surface area (Å²) in [5.74, 6) is 1.78. The molecule has 4 aromatic rings. The average molecular weight is 501 g/mol. The van der Waals surface area contributed by atoms with E-state index in [1.807, 2.05) is 41.8 Å². The second kappa shape index (κ2) is 9.45. The summed E-state index contributed by atoms with van der Waals surface area (Å²) < 4.78 is 27.7. The minimum Gasteiger partial charge on any atom is -0.353 e. The van der Waals surface area contributed by atoms with Crippen molar-refractivity contribution in [1.82, 2.24) is 23.8 Å². The lowest BCUT2D eigenvalue weighted by Crippen LogP contribution is -2.14. The maximum Gasteiger partial charge on any atom is 0.253 e. The van der Waals surface area contributed by atoms with Gasteiger partial charge in [0.05, 0.1) is 15.9 Å². The third-order valence-electron chi connectivity index (χ3n) is 5.16. The average Bonchev–Trinajstić information content (AvgIpc) is 3.12. The van der Waals surface area contributed by atoms with E-state index in [0.717, 1.165) is 22.7 Å². The number of imidazole rings is 1. The summed E-state index contributed by atoms with van der Waals surface area (Å²) in [5, 5.41) is 6.39. The van der Waals surface area contributed by atoms with Gasteiger partial charge in [-0.1, -0.05) is 6.07 Å². The smallest absolute Gasteiger partial charge is 0.253 e. The number of hydrogen-bond acceptors (Lipinski definition) is 8. The highest BCUT2D eigenvalue weighted by atomic mass is 35.5. The number of nitrogens with one attached hydrogen (secondary N) is 3. The molecule has 2 aromatic heterocycles. The van der Waals surface area contributed by atoms with E-state index in [-0.39, 0.29) is 10.9 Å². The topological polar surface area (TPSA) is 117 Å². The molecular formula is C22H25ClN8O2S. The zero-order valence-electron chi connectivity index (χ0n) is 19.1. The summed E-state index contributed by atoms with van der Waals surface area (Å²) in [6.07, 6.45) is 1.63. The lowest BCUT2D eigenvalue weighted by Gasteiger charge is -2.19. The molecular weight excluding hydrogens is 476 g/mol. The molecule has 0 saturated carbocycles. The number of halogens is 1. The molecule has 0 aliphatic carbocycles. The van der Waals surface area contributed by atoms with Gasteiger partial charge in [0, 0.05) is 37.7 Å². The van der Waals surface area contributed by atoms with Crippen molar-refractivity contribution in [3.63, 3.8) is 0 Å². The molecule has 0 bridgehead atoms. The van der Waals surface area contributed by atoms with E-state index in [0.29, 0.717) is 17.5 Å². The van der Waals surface area contributed by atoms with E-state index in [2.05, 4.69) is 34.4 Å². The molecule has 34 heavy (non-hydrogen) atoms. The standard InChI is InChI=1S/C22H25ClN8O2S/c1-14(2)25-22-27-18-13-16(8-9-19(18)31(22)4)30(3)20-10-11-24-21(28-20)26-15-6-5-7-17(12-15)34(32,33)29-23/h5-14,29H,1-4H3,(H,25,27)(H,24,26,28). The van der Waals surface area contributed by atoms with Crippen LogP contribution in [0.2, 0.25) is 0 Å². The molecule has 4 rings (SSSR count). The SMILES string of the molecule is CC(C)Nc1nc2cc(N(C)c3ccnc(Nc4cccc(S(=O)(=O)NCl)c4)n3)ccc2n1C. The number of rotatable bonds is 8. The van der Waals surface area contributed by atoms with E-state index in [1.165, 1.54) is 12.1 Å². The molecule has 0 amide bonds. The minimum absolute atomic E-state index is 0.0239. The summed E-state index contributed by atoms with van der Waals surface area (Å²) in [4.78, 5) is 15.5. The fourth-order valence-corrected chi connectivity index (χ4v) is 4.32. The predicted octanol–water partition coefficient (Wildman–Crippen LogP) is 4.13. The highest BCUT2D eigenvalue weighted by Gasteiger charge is 2.15. The summed E-state index contributed by atoms with van der Waals surface area (Å²) in [5.41, 5.74) is 3.31. The van der Waals surface area contributed by atoms with Gasteiger partial charge >= 0.3 is 0 Å². The Morgan fingerprint density at radius 2 is 1.88 bits per heavy atom. The normalized spacial score (nSPS) is 11.7. The Morgan fingerprint density at radius 1 is 1.09 bits per heavy atom. The molecule has 0 saturated heterocycles. The number of aryl methyl sites for hydroxylation is 1. The Kier molecular flexibility index (Phi) is 6.60. The summed E-state index contributed by atoms with van der Waals surface area (Å²) in [7, 11) is 0.104. The molecule has 0 radical (unpaired) electrons. The number of aromatic nitrogens is 4. The van der Waals surface area contributed by atoms with Gasteiger partial charge in [-0.2, -0.15) is 4.98 Å². The van der Waals surface area contributed by atoms with Gasteiger partial charge in [-0.25, -0.2) is 18.4 Å². The van der Waals surface area contributed by atoms with Crippen LogP contribution in [0.15, 0.2) is 59.6 Å². The van der Waals surface area contributed by atoms with E-state index in [1.54, 1.807) is 28.6 Å². The third kappa shape index (κ3) is 4.91. The van der Waals surface area contributed by atoms with Gasteiger partial charge in [-0.3, -0.25) is 0 Å². The minimum atomic E-state index is -3.78. The van der Waals surface area contributed by atoms with Crippen LogP contribution in [-0.2, 0) is 17.1 Å². The third-order valence-corrected chi connectivity index (χ3v) is 6.84. The number of nitrogens with zero attached hydrogens (tertiary/aromatic N) is 5. The predicted molar refractivity (Wildman–Crippen MR) is 135 cm³/mol. The maximum atomic E-state index is 12.0. The summed E-state index contributed by atoms with van der Waals surface area (Å²) >= 11 is 5.32. The molecule has 2 heterocycles. The first kappa shape index (κ1) is 23.7. The van der Waals surface area contributed by atoms with Crippen LogP contribution in [0.4, 0.5) is 29.1 Å². The molecule has 178 valence electrons. The van der Waals surface area contributed by atoms with Crippen molar-refractivity contribution in [2.75, 3.05) is 22.6 Å². The Bertz CT molecular complexity index is 1440. The number of benzene rings is 2. The maximum absolute atomic E-state index is 12.0. The quantitative estimate of drug-likeness (QED) is 0.309.